The van der Waals surface area contributed by atoms with E-state index in [1.54, 1.807) is 11.0 Å². The average molecular weight is 294 g/mol. The first kappa shape index (κ1) is 17.2. The molecule has 1 aromatic heterocycles. The predicted molar refractivity (Wildman–Crippen MR) is 85.1 cm³/mol. The second kappa shape index (κ2) is 6.71. The van der Waals surface area contributed by atoms with E-state index in [0.717, 1.165) is 0 Å². The van der Waals surface area contributed by atoms with Gasteiger partial charge in [-0.25, -0.2) is 15.8 Å². The third-order valence-electron chi connectivity index (χ3n) is 2.75. The molecule has 1 rings (SSSR count). The van der Waals surface area contributed by atoms with Crippen LogP contribution in [0.1, 0.15) is 40.4 Å². The molecule has 0 unspecified atom stereocenters. The molecule has 0 spiro atoms. The van der Waals surface area contributed by atoms with Crippen molar-refractivity contribution in [3.8, 4) is 0 Å². The number of carbonyl (C=O) groups excluding carboxylic acids is 1. The minimum atomic E-state index is -0.206. The summed E-state index contributed by atoms with van der Waals surface area (Å²) in [6.07, 6.45) is 0. The topological polar surface area (TPSA) is 96.2 Å². The summed E-state index contributed by atoms with van der Waals surface area (Å²) in [6.45, 7) is 10.2. The van der Waals surface area contributed by atoms with Crippen molar-refractivity contribution in [3.63, 3.8) is 0 Å². The van der Waals surface area contributed by atoms with Gasteiger partial charge in [0.15, 0.2) is 0 Å². The van der Waals surface area contributed by atoms with Gasteiger partial charge in [-0.3, -0.25) is 4.79 Å². The van der Waals surface area contributed by atoms with E-state index in [0.29, 0.717) is 17.5 Å². The largest absolute Gasteiger partial charge is 0.352 e. The number of nitrogens with zero attached hydrogens (tertiary/aromatic N) is 3. The van der Waals surface area contributed by atoms with Crippen molar-refractivity contribution < 1.29 is 4.79 Å². The lowest BCUT2D eigenvalue weighted by molar-refractivity contribution is -0.120. The maximum absolute atomic E-state index is 11.8. The van der Waals surface area contributed by atoms with Crippen LogP contribution >= 0.6 is 0 Å². The van der Waals surface area contributed by atoms with E-state index >= 15 is 0 Å². The smallest absolute Gasteiger partial charge is 0.239 e. The SMILES string of the molecule is CC(C)NC(=O)CN(C)c1cc(NN)nc(C(C)(C)C)n1. The van der Waals surface area contributed by atoms with Crippen LogP contribution in [0.25, 0.3) is 0 Å². The molecule has 0 aliphatic heterocycles. The van der Waals surface area contributed by atoms with Crippen LogP contribution in [0, 0.1) is 0 Å². The summed E-state index contributed by atoms with van der Waals surface area (Å²) >= 11 is 0. The number of amides is 1. The molecule has 1 heterocycles. The summed E-state index contributed by atoms with van der Waals surface area (Å²) in [5.41, 5.74) is 2.34. The highest BCUT2D eigenvalue weighted by Gasteiger charge is 2.20. The van der Waals surface area contributed by atoms with E-state index < -0.39 is 0 Å². The number of nitrogen functional groups attached to an aromatic ring is 1. The zero-order valence-corrected chi connectivity index (χ0v) is 13.7. The number of aromatic nitrogens is 2. The van der Waals surface area contributed by atoms with Crippen LogP contribution in [0.4, 0.5) is 11.6 Å². The standard InChI is InChI=1S/C14H26N6O/c1-9(2)16-12(21)8-20(6)11-7-10(19-15)17-13(18-11)14(3,4)5/h7,9H,8,15H2,1-6H3,(H,16,21)(H,17,18,19). The molecule has 1 amide bonds. The maximum atomic E-state index is 11.8. The lowest BCUT2D eigenvalue weighted by atomic mass is 9.96. The Morgan fingerprint density at radius 1 is 1.38 bits per heavy atom. The second-order valence-corrected chi connectivity index (χ2v) is 6.41. The Balaban J connectivity index is 2.98. The Labute approximate surface area is 126 Å². The van der Waals surface area contributed by atoms with Crippen LogP contribution in [0.3, 0.4) is 0 Å². The van der Waals surface area contributed by atoms with Crippen LogP contribution in [-0.4, -0.2) is 35.5 Å². The first-order valence-corrected chi connectivity index (χ1v) is 7.00. The molecular formula is C14H26N6O. The molecule has 0 radical (unpaired) electrons. The number of nitrogens with one attached hydrogen (secondary N) is 2. The van der Waals surface area contributed by atoms with Crippen LogP contribution in [0.5, 0.6) is 0 Å². The van der Waals surface area contributed by atoms with Gasteiger partial charge in [0.05, 0.1) is 6.54 Å². The average Bonchev–Trinajstić information content (AvgIpc) is 2.35. The maximum Gasteiger partial charge on any atom is 0.239 e. The number of rotatable bonds is 5. The molecule has 0 atom stereocenters. The van der Waals surface area contributed by atoms with Gasteiger partial charge >= 0.3 is 0 Å². The van der Waals surface area contributed by atoms with Crippen molar-refractivity contribution in [2.75, 3.05) is 23.9 Å². The van der Waals surface area contributed by atoms with Gasteiger partial charge in [0.25, 0.3) is 0 Å². The zero-order valence-electron chi connectivity index (χ0n) is 13.7. The Bertz CT molecular complexity index is 495. The van der Waals surface area contributed by atoms with Crippen LogP contribution in [0.2, 0.25) is 0 Å². The van der Waals surface area contributed by atoms with Gasteiger partial charge in [0.1, 0.15) is 17.5 Å². The molecule has 21 heavy (non-hydrogen) atoms. The molecular weight excluding hydrogens is 268 g/mol. The Morgan fingerprint density at radius 3 is 2.48 bits per heavy atom. The van der Waals surface area contributed by atoms with Gasteiger partial charge < -0.3 is 15.6 Å². The van der Waals surface area contributed by atoms with Gasteiger partial charge in [0, 0.05) is 24.6 Å². The summed E-state index contributed by atoms with van der Waals surface area (Å²) < 4.78 is 0. The summed E-state index contributed by atoms with van der Waals surface area (Å²) in [4.78, 5) is 22.5. The number of likely N-dealkylation sites (N-methyl/N-ethyl adjacent to an activating group) is 1. The molecule has 0 aliphatic rings. The van der Waals surface area contributed by atoms with Crippen molar-refractivity contribution in [1.29, 1.82) is 0 Å². The molecule has 7 heteroatoms. The minimum absolute atomic E-state index is 0.0503. The number of carbonyl (C=O) groups is 1. The van der Waals surface area contributed by atoms with Gasteiger partial charge in [-0.15, -0.1) is 0 Å². The predicted octanol–water partition coefficient (Wildman–Crippen LogP) is 1.02. The molecule has 0 aliphatic carbocycles. The van der Waals surface area contributed by atoms with E-state index in [1.165, 1.54) is 0 Å². The first-order chi connectivity index (χ1) is 9.63. The molecule has 0 aromatic carbocycles. The van der Waals surface area contributed by atoms with Crippen molar-refractivity contribution in [2.24, 2.45) is 5.84 Å². The molecule has 7 nitrogen and oxygen atoms in total. The van der Waals surface area contributed by atoms with E-state index in [-0.39, 0.29) is 23.9 Å². The molecule has 0 bridgehead atoms. The minimum Gasteiger partial charge on any atom is -0.352 e. The van der Waals surface area contributed by atoms with Gasteiger partial charge in [-0.1, -0.05) is 20.8 Å². The highest BCUT2D eigenvalue weighted by molar-refractivity contribution is 5.81. The van der Waals surface area contributed by atoms with Crippen molar-refractivity contribution in [2.45, 2.75) is 46.1 Å². The molecule has 1 aromatic rings. The number of hydrogen-bond donors (Lipinski definition) is 3. The zero-order chi connectivity index (χ0) is 16.2. The monoisotopic (exact) mass is 294 g/mol. The molecule has 4 N–H and O–H groups in total. The third kappa shape index (κ3) is 5.18. The van der Waals surface area contributed by atoms with Crippen LogP contribution in [-0.2, 0) is 10.2 Å². The fourth-order valence-electron chi connectivity index (χ4n) is 1.70. The molecule has 0 saturated carbocycles. The second-order valence-electron chi connectivity index (χ2n) is 6.41. The van der Waals surface area contributed by atoms with E-state index in [4.69, 9.17) is 5.84 Å². The number of nitrogens with two attached hydrogens (primary N) is 1. The third-order valence-corrected chi connectivity index (χ3v) is 2.75. The Hall–Kier alpha value is -1.89. The number of hydrazine groups is 1. The van der Waals surface area contributed by atoms with Gasteiger partial charge in [-0.2, -0.15) is 0 Å². The van der Waals surface area contributed by atoms with E-state index in [2.05, 4.69) is 20.7 Å². The summed E-state index contributed by atoms with van der Waals surface area (Å²) in [6, 6.07) is 1.83. The fraction of sp³-hybridized carbons (Fsp3) is 0.643. The normalized spacial score (nSPS) is 11.4. The highest BCUT2D eigenvalue weighted by atomic mass is 16.2. The van der Waals surface area contributed by atoms with Crippen molar-refractivity contribution in [1.82, 2.24) is 15.3 Å². The number of hydrogen-bond acceptors (Lipinski definition) is 6. The summed E-state index contributed by atoms with van der Waals surface area (Å²) in [5.74, 6) is 7.26. The van der Waals surface area contributed by atoms with Gasteiger partial charge in [-0.05, 0) is 13.8 Å². The fourth-order valence-corrected chi connectivity index (χ4v) is 1.70. The molecule has 0 saturated heterocycles. The lowest BCUT2D eigenvalue weighted by Crippen LogP contribution is -2.39. The summed E-state index contributed by atoms with van der Waals surface area (Å²) in [5, 5.41) is 2.85. The van der Waals surface area contributed by atoms with Crippen molar-refractivity contribution >= 4 is 17.5 Å². The Morgan fingerprint density at radius 2 is 2.00 bits per heavy atom. The van der Waals surface area contributed by atoms with Gasteiger partial charge in [0.2, 0.25) is 5.91 Å². The highest BCUT2D eigenvalue weighted by Crippen LogP contribution is 2.23. The van der Waals surface area contributed by atoms with Crippen LogP contribution < -0.4 is 21.5 Å². The molecule has 118 valence electrons. The molecule has 0 fully saturated rings. The van der Waals surface area contributed by atoms with Crippen molar-refractivity contribution in [3.05, 3.63) is 11.9 Å². The van der Waals surface area contributed by atoms with Crippen LogP contribution in [0.15, 0.2) is 6.07 Å². The lowest BCUT2D eigenvalue weighted by Gasteiger charge is -2.23. The summed E-state index contributed by atoms with van der Waals surface area (Å²) in [7, 11) is 1.81. The number of anilines is 2. The Kier molecular flexibility index (Phi) is 5.48. The van der Waals surface area contributed by atoms with E-state index in [9.17, 15) is 4.79 Å². The first-order valence-electron chi connectivity index (χ1n) is 7.00. The quantitative estimate of drug-likeness (QED) is 0.554. The van der Waals surface area contributed by atoms with E-state index in [1.807, 2.05) is 41.7 Å².